The molecule has 1 radical (unpaired) electrons. The zero-order valence-corrected chi connectivity index (χ0v) is 8.62. The normalized spacial score (nSPS) is 9.13. The van der Waals surface area contributed by atoms with Crippen LogP contribution in [0.4, 0.5) is 0 Å². The summed E-state index contributed by atoms with van der Waals surface area (Å²) < 4.78 is 0. The van der Waals surface area contributed by atoms with Crippen LogP contribution in [-0.2, 0) is 0 Å². The molecule has 0 aliphatic carbocycles. The van der Waals surface area contributed by atoms with Gasteiger partial charge in [-0.3, -0.25) is 0 Å². The molecule has 1 aromatic heterocycles. The first kappa shape index (κ1) is 9.76. The van der Waals surface area contributed by atoms with Gasteiger partial charge in [-0.05, 0) is 42.3 Å². The van der Waals surface area contributed by atoms with Gasteiger partial charge in [0.1, 0.15) is 5.69 Å². The SMILES string of the molecule is Clc1ccc(C#Cc2ccc[c]n2)cc1. The molecule has 2 rings (SSSR count). The maximum absolute atomic E-state index is 5.76. The van der Waals surface area contributed by atoms with E-state index in [2.05, 4.69) is 23.0 Å². The smallest absolute Gasteiger partial charge is 0.114 e. The first-order valence-corrected chi connectivity index (χ1v) is 4.83. The van der Waals surface area contributed by atoms with Gasteiger partial charge in [0.25, 0.3) is 0 Å². The standard InChI is InChI=1S/C13H7ClN/c14-12-7-4-11(5-8-12)6-9-13-3-1-2-10-15-13/h1-5,7-8H. The van der Waals surface area contributed by atoms with E-state index in [9.17, 15) is 0 Å². The summed E-state index contributed by atoms with van der Waals surface area (Å²) in [6.07, 6.45) is 2.73. The molecule has 15 heavy (non-hydrogen) atoms. The van der Waals surface area contributed by atoms with Crippen molar-refractivity contribution in [3.63, 3.8) is 0 Å². The highest BCUT2D eigenvalue weighted by Crippen LogP contribution is 2.08. The molecule has 0 bridgehead atoms. The van der Waals surface area contributed by atoms with E-state index in [0.29, 0.717) is 10.7 Å². The fraction of sp³-hybridized carbons (Fsp3) is 0. The average Bonchev–Trinajstić information content (AvgIpc) is 2.30. The second kappa shape index (κ2) is 4.63. The molecule has 71 valence electrons. The quantitative estimate of drug-likeness (QED) is 0.612. The van der Waals surface area contributed by atoms with Crippen LogP contribution in [0, 0.1) is 18.0 Å². The third-order valence-electron chi connectivity index (χ3n) is 1.79. The van der Waals surface area contributed by atoms with Crippen molar-refractivity contribution in [2.24, 2.45) is 0 Å². The highest BCUT2D eigenvalue weighted by molar-refractivity contribution is 6.30. The van der Waals surface area contributed by atoms with Gasteiger partial charge < -0.3 is 0 Å². The van der Waals surface area contributed by atoms with Gasteiger partial charge in [0.15, 0.2) is 0 Å². The lowest BCUT2D eigenvalue weighted by Gasteiger charge is -1.90. The Bertz CT molecular complexity index is 492. The van der Waals surface area contributed by atoms with Crippen LogP contribution < -0.4 is 0 Å². The fourth-order valence-corrected chi connectivity index (χ4v) is 1.19. The van der Waals surface area contributed by atoms with E-state index in [-0.39, 0.29) is 0 Å². The molecule has 1 aromatic carbocycles. The average molecular weight is 213 g/mol. The molecule has 0 unspecified atom stereocenters. The van der Waals surface area contributed by atoms with Crippen molar-refractivity contribution < 1.29 is 0 Å². The Morgan fingerprint density at radius 2 is 1.87 bits per heavy atom. The molecule has 2 heteroatoms. The first-order chi connectivity index (χ1) is 7.34. The molecule has 0 saturated carbocycles. The molecule has 0 saturated heterocycles. The first-order valence-electron chi connectivity index (χ1n) is 4.45. The van der Waals surface area contributed by atoms with E-state index < -0.39 is 0 Å². The molecule has 0 aliphatic rings. The predicted octanol–water partition coefficient (Wildman–Crippen LogP) is 2.93. The predicted molar refractivity (Wildman–Crippen MR) is 60.5 cm³/mol. The van der Waals surface area contributed by atoms with E-state index in [1.165, 1.54) is 0 Å². The summed E-state index contributed by atoms with van der Waals surface area (Å²) in [7, 11) is 0. The van der Waals surface area contributed by atoms with E-state index >= 15 is 0 Å². The molecule has 1 nitrogen and oxygen atoms in total. The molecule has 0 aliphatic heterocycles. The number of pyridine rings is 1. The maximum atomic E-state index is 5.76. The summed E-state index contributed by atoms with van der Waals surface area (Å²) in [6, 6.07) is 12.8. The molecular formula is C13H7ClN. The highest BCUT2D eigenvalue weighted by Gasteiger charge is 1.88. The van der Waals surface area contributed by atoms with Gasteiger partial charge in [0.05, 0.1) is 6.20 Å². The minimum absolute atomic E-state index is 0.715. The molecule has 0 fully saturated rings. The summed E-state index contributed by atoms with van der Waals surface area (Å²) >= 11 is 5.76. The number of hydrogen-bond acceptors (Lipinski definition) is 1. The molecular weight excluding hydrogens is 206 g/mol. The minimum atomic E-state index is 0.715. The van der Waals surface area contributed by atoms with Gasteiger partial charge in [-0.25, -0.2) is 4.98 Å². The van der Waals surface area contributed by atoms with E-state index in [1.807, 2.05) is 36.4 Å². The minimum Gasteiger partial charge on any atom is -0.238 e. The van der Waals surface area contributed by atoms with Gasteiger partial charge in [-0.2, -0.15) is 0 Å². The van der Waals surface area contributed by atoms with Gasteiger partial charge in [-0.15, -0.1) is 0 Å². The monoisotopic (exact) mass is 212 g/mol. The number of hydrogen-bond donors (Lipinski definition) is 0. The summed E-state index contributed by atoms with van der Waals surface area (Å²) in [5.74, 6) is 5.94. The van der Waals surface area contributed by atoms with Crippen molar-refractivity contribution in [3.05, 3.63) is 64.9 Å². The maximum Gasteiger partial charge on any atom is 0.114 e. The van der Waals surface area contributed by atoms with E-state index in [4.69, 9.17) is 11.6 Å². The lowest BCUT2D eigenvalue weighted by Crippen LogP contribution is -1.79. The van der Waals surface area contributed by atoms with Crippen molar-refractivity contribution in [3.8, 4) is 11.8 Å². The number of aromatic nitrogens is 1. The highest BCUT2D eigenvalue weighted by atomic mass is 35.5. The molecule has 2 aromatic rings. The second-order valence-corrected chi connectivity index (χ2v) is 3.35. The Balaban J connectivity index is 2.22. The fourth-order valence-electron chi connectivity index (χ4n) is 1.07. The van der Waals surface area contributed by atoms with Crippen molar-refractivity contribution in [2.45, 2.75) is 0 Å². The molecule has 0 amide bonds. The van der Waals surface area contributed by atoms with Crippen LogP contribution in [0.25, 0.3) is 0 Å². The summed E-state index contributed by atoms with van der Waals surface area (Å²) in [5, 5.41) is 0.715. The van der Waals surface area contributed by atoms with Crippen LogP contribution >= 0.6 is 11.6 Å². The molecule has 0 N–H and O–H groups in total. The summed E-state index contributed by atoms with van der Waals surface area (Å²) in [4.78, 5) is 3.99. The van der Waals surface area contributed by atoms with Crippen molar-refractivity contribution >= 4 is 11.6 Å². The Hall–Kier alpha value is -1.78. The second-order valence-electron chi connectivity index (χ2n) is 2.91. The number of rotatable bonds is 0. The molecule has 0 atom stereocenters. The number of nitrogens with zero attached hydrogens (tertiary/aromatic N) is 1. The third kappa shape index (κ3) is 2.83. The van der Waals surface area contributed by atoms with Crippen LogP contribution in [0.2, 0.25) is 5.02 Å². The molecule has 0 spiro atoms. The van der Waals surface area contributed by atoms with Gasteiger partial charge in [-0.1, -0.05) is 23.6 Å². The zero-order valence-electron chi connectivity index (χ0n) is 7.87. The van der Waals surface area contributed by atoms with Gasteiger partial charge in [0.2, 0.25) is 0 Å². The largest absolute Gasteiger partial charge is 0.238 e. The van der Waals surface area contributed by atoms with Gasteiger partial charge >= 0.3 is 0 Å². The lowest BCUT2D eigenvalue weighted by molar-refractivity contribution is 1.27. The third-order valence-corrected chi connectivity index (χ3v) is 2.04. The van der Waals surface area contributed by atoms with Crippen molar-refractivity contribution in [2.75, 3.05) is 0 Å². The Morgan fingerprint density at radius 3 is 2.53 bits per heavy atom. The van der Waals surface area contributed by atoms with Crippen LogP contribution in [0.5, 0.6) is 0 Å². The number of benzene rings is 1. The van der Waals surface area contributed by atoms with Crippen molar-refractivity contribution in [1.82, 2.24) is 4.98 Å². The zero-order chi connectivity index (χ0) is 10.5. The Morgan fingerprint density at radius 1 is 1.07 bits per heavy atom. The van der Waals surface area contributed by atoms with Crippen LogP contribution in [0.15, 0.2) is 42.5 Å². The van der Waals surface area contributed by atoms with Gasteiger partial charge in [0, 0.05) is 10.6 Å². The van der Waals surface area contributed by atoms with Crippen LogP contribution in [0.3, 0.4) is 0 Å². The van der Waals surface area contributed by atoms with E-state index in [0.717, 1.165) is 5.56 Å². The van der Waals surface area contributed by atoms with Crippen LogP contribution in [0.1, 0.15) is 11.3 Å². The Kier molecular flexibility index (Phi) is 3.02. The lowest BCUT2D eigenvalue weighted by atomic mass is 10.2. The molecule has 1 heterocycles. The summed E-state index contributed by atoms with van der Waals surface area (Å²) in [5.41, 5.74) is 1.64. The number of halogens is 1. The summed E-state index contributed by atoms with van der Waals surface area (Å²) in [6.45, 7) is 0. The Labute approximate surface area is 93.7 Å². The van der Waals surface area contributed by atoms with Crippen LogP contribution in [-0.4, -0.2) is 4.98 Å². The topological polar surface area (TPSA) is 12.9 Å². The van der Waals surface area contributed by atoms with Crippen molar-refractivity contribution in [1.29, 1.82) is 0 Å². The van der Waals surface area contributed by atoms with E-state index in [1.54, 1.807) is 6.07 Å².